The van der Waals surface area contributed by atoms with Crippen LogP contribution in [-0.2, 0) is 21.8 Å². The highest BCUT2D eigenvalue weighted by atomic mass is 32.2. The van der Waals surface area contributed by atoms with Gasteiger partial charge in [-0.15, -0.1) is 0 Å². The van der Waals surface area contributed by atoms with Crippen LogP contribution in [-0.4, -0.2) is 29.5 Å². The first kappa shape index (κ1) is 11.9. The number of aromatic nitrogens is 2. The number of aromatic amines is 1. The first-order valence-electron chi connectivity index (χ1n) is 5.38. The lowest BCUT2D eigenvalue weighted by atomic mass is 10.0. The molecular weight excluding hydrogens is 244 g/mol. The molecule has 16 heavy (non-hydrogen) atoms. The molecule has 2 rings (SSSR count). The molecule has 1 aliphatic rings. The summed E-state index contributed by atoms with van der Waals surface area (Å²) in [5.41, 5.74) is 0.700. The van der Waals surface area contributed by atoms with E-state index in [2.05, 4.69) is 4.98 Å². The standard InChI is InChI=1S/C10H16N2O2S2/c1-3-8-6-11-9(15)12(8)10(2)4-5-16(13,14)7-10/h6H,3-5,7H2,1-2H3,(H,11,15). The Bertz CT molecular complexity index is 556. The minimum Gasteiger partial charge on any atom is -0.337 e. The fraction of sp³-hybridized carbons (Fsp3) is 0.700. The molecule has 0 bridgehead atoms. The first-order valence-corrected chi connectivity index (χ1v) is 7.61. The Labute approximate surface area is 101 Å². The molecule has 0 amide bonds. The van der Waals surface area contributed by atoms with Crippen LogP contribution >= 0.6 is 12.2 Å². The summed E-state index contributed by atoms with van der Waals surface area (Å²) in [7, 11) is -2.90. The average Bonchev–Trinajstić information content (AvgIpc) is 2.68. The van der Waals surface area contributed by atoms with E-state index in [1.807, 2.05) is 24.6 Å². The molecule has 1 aromatic heterocycles. The van der Waals surface area contributed by atoms with Crippen molar-refractivity contribution in [2.45, 2.75) is 32.2 Å². The number of rotatable bonds is 2. The van der Waals surface area contributed by atoms with Gasteiger partial charge in [-0.2, -0.15) is 0 Å². The molecule has 0 radical (unpaired) electrons. The predicted molar refractivity (Wildman–Crippen MR) is 65.9 cm³/mol. The Morgan fingerprint density at radius 3 is 2.81 bits per heavy atom. The summed E-state index contributed by atoms with van der Waals surface area (Å²) in [5.74, 6) is 0.457. The van der Waals surface area contributed by atoms with E-state index < -0.39 is 9.84 Å². The SMILES string of the molecule is CCc1c[nH]c(=S)n1C1(C)CCS(=O)(=O)C1. The van der Waals surface area contributed by atoms with Crippen molar-refractivity contribution in [2.24, 2.45) is 0 Å². The third-order valence-electron chi connectivity index (χ3n) is 3.24. The largest absolute Gasteiger partial charge is 0.337 e. The van der Waals surface area contributed by atoms with Crippen molar-refractivity contribution >= 4 is 22.1 Å². The minimum atomic E-state index is -2.90. The lowest BCUT2D eigenvalue weighted by Gasteiger charge is -2.26. The van der Waals surface area contributed by atoms with E-state index >= 15 is 0 Å². The van der Waals surface area contributed by atoms with Gasteiger partial charge in [0.15, 0.2) is 14.6 Å². The maximum absolute atomic E-state index is 11.6. The Morgan fingerprint density at radius 2 is 2.31 bits per heavy atom. The Balaban J connectivity index is 2.52. The lowest BCUT2D eigenvalue weighted by Crippen LogP contribution is -2.32. The van der Waals surface area contributed by atoms with Gasteiger partial charge in [-0.1, -0.05) is 6.92 Å². The average molecular weight is 260 g/mol. The third-order valence-corrected chi connectivity index (χ3v) is 5.43. The number of aryl methyl sites for hydroxylation is 1. The van der Waals surface area contributed by atoms with E-state index in [1.54, 1.807) is 0 Å². The Kier molecular flexibility index (Phi) is 2.74. The van der Waals surface area contributed by atoms with Crippen molar-refractivity contribution in [1.82, 2.24) is 9.55 Å². The molecule has 6 heteroatoms. The number of nitrogens with zero attached hydrogens (tertiary/aromatic N) is 1. The van der Waals surface area contributed by atoms with Gasteiger partial charge in [0.05, 0.1) is 17.0 Å². The first-order chi connectivity index (χ1) is 7.38. The second-order valence-corrected chi connectivity index (χ2v) is 7.18. The predicted octanol–water partition coefficient (Wildman–Crippen LogP) is 1.64. The molecule has 1 aromatic rings. The minimum absolute atomic E-state index is 0.194. The monoisotopic (exact) mass is 260 g/mol. The fourth-order valence-electron chi connectivity index (χ4n) is 2.43. The molecule has 0 saturated carbocycles. The van der Waals surface area contributed by atoms with Crippen molar-refractivity contribution in [1.29, 1.82) is 0 Å². The molecule has 1 aliphatic heterocycles. The van der Waals surface area contributed by atoms with Crippen molar-refractivity contribution < 1.29 is 8.42 Å². The van der Waals surface area contributed by atoms with Crippen LogP contribution in [0.3, 0.4) is 0 Å². The van der Waals surface area contributed by atoms with Gasteiger partial charge >= 0.3 is 0 Å². The quantitative estimate of drug-likeness (QED) is 0.823. The molecule has 0 aliphatic carbocycles. The normalized spacial score (nSPS) is 28.4. The number of hydrogen-bond acceptors (Lipinski definition) is 3. The second kappa shape index (κ2) is 3.70. The van der Waals surface area contributed by atoms with Crippen molar-refractivity contribution in [3.8, 4) is 0 Å². The molecule has 1 fully saturated rings. The lowest BCUT2D eigenvalue weighted by molar-refractivity contribution is 0.351. The van der Waals surface area contributed by atoms with E-state index in [-0.39, 0.29) is 17.0 Å². The zero-order valence-corrected chi connectivity index (χ0v) is 11.1. The van der Waals surface area contributed by atoms with E-state index in [9.17, 15) is 8.42 Å². The molecule has 4 nitrogen and oxygen atoms in total. The highest BCUT2D eigenvalue weighted by Gasteiger charge is 2.40. The molecule has 90 valence electrons. The number of H-pyrrole nitrogens is 1. The molecule has 0 spiro atoms. The van der Waals surface area contributed by atoms with Gasteiger partial charge in [-0.25, -0.2) is 8.42 Å². The smallest absolute Gasteiger partial charge is 0.177 e. The van der Waals surface area contributed by atoms with Gasteiger partial charge < -0.3 is 9.55 Å². The van der Waals surface area contributed by atoms with Gasteiger partial charge in [0.2, 0.25) is 0 Å². The summed E-state index contributed by atoms with van der Waals surface area (Å²) in [6.45, 7) is 4.02. The zero-order chi connectivity index (χ0) is 12.0. The highest BCUT2D eigenvalue weighted by molar-refractivity contribution is 7.91. The molecule has 2 heterocycles. The summed E-state index contributed by atoms with van der Waals surface area (Å²) < 4.78 is 25.8. The number of hydrogen-bond donors (Lipinski definition) is 1. The topological polar surface area (TPSA) is 54.9 Å². The molecule has 0 aromatic carbocycles. The summed E-state index contributed by atoms with van der Waals surface area (Å²) in [5, 5.41) is 0. The third kappa shape index (κ3) is 1.84. The molecule has 1 atom stereocenters. The molecule has 1 N–H and O–H groups in total. The summed E-state index contributed by atoms with van der Waals surface area (Å²) in [6.07, 6.45) is 3.37. The van der Waals surface area contributed by atoms with Gasteiger partial charge in [0, 0.05) is 11.9 Å². The molecule has 1 unspecified atom stereocenters. The van der Waals surface area contributed by atoms with Crippen LogP contribution in [0.15, 0.2) is 6.20 Å². The second-order valence-electron chi connectivity index (χ2n) is 4.61. The highest BCUT2D eigenvalue weighted by Crippen LogP contribution is 2.32. The van der Waals surface area contributed by atoms with Gasteiger partial charge in [-0.05, 0) is 32.0 Å². The Hall–Kier alpha value is -0.620. The van der Waals surface area contributed by atoms with E-state index in [0.29, 0.717) is 11.2 Å². The maximum atomic E-state index is 11.6. The molecule has 1 saturated heterocycles. The van der Waals surface area contributed by atoms with Crippen molar-refractivity contribution in [2.75, 3.05) is 11.5 Å². The number of imidazole rings is 1. The molecular formula is C10H16N2O2S2. The maximum Gasteiger partial charge on any atom is 0.177 e. The van der Waals surface area contributed by atoms with E-state index in [0.717, 1.165) is 12.1 Å². The summed E-state index contributed by atoms with van der Waals surface area (Å²) >= 11 is 5.24. The van der Waals surface area contributed by atoms with Gasteiger partial charge in [-0.3, -0.25) is 0 Å². The van der Waals surface area contributed by atoms with Crippen molar-refractivity contribution in [3.05, 3.63) is 16.7 Å². The van der Waals surface area contributed by atoms with Crippen LogP contribution in [0.4, 0.5) is 0 Å². The zero-order valence-electron chi connectivity index (χ0n) is 9.49. The van der Waals surface area contributed by atoms with Gasteiger partial charge in [0.1, 0.15) is 0 Å². The van der Waals surface area contributed by atoms with Crippen molar-refractivity contribution in [3.63, 3.8) is 0 Å². The van der Waals surface area contributed by atoms with Crippen LogP contribution < -0.4 is 0 Å². The van der Waals surface area contributed by atoms with Crippen LogP contribution in [0.2, 0.25) is 0 Å². The fourth-order valence-corrected chi connectivity index (χ4v) is 4.94. The van der Waals surface area contributed by atoms with Crippen LogP contribution in [0.5, 0.6) is 0 Å². The van der Waals surface area contributed by atoms with E-state index in [1.165, 1.54) is 0 Å². The Morgan fingerprint density at radius 1 is 1.62 bits per heavy atom. The van der Waals surface area contributed by atoms with Crippen LogP contribution in [0, 0.1) is 4.77 Å². The summed E-state index contributed by atoms with van der Waals surface area (Å²) in [6, 6.07) is 0. The number of sulfone groups is 1. The number of nitrogens with one attached hydrogen (secondary N) is 1. The van der Waals surface area contributed by atoms with Gasteiger partial charge in [0.25, 0.3) is 0 Å². The van der Waals surface area contributed by atoms with Crippen LogP contribution in [0.25, 0.3) is 0 Å². The van der Waals surface area contributed by atoms with E-state index in [4.69, 9.17) is 12.2 Å². The summed E-state index contributed by atoms with van der Waals surface area (Å²) in [4.78, 5) is 3.00. The van der Waals surface area contributed by atoms with Crippen LogP contribution in [0.1, 0.15) is 26.0 Å².